The molecule has 8 nitrogen and oxygen atoms in total. The van der Waals surface area contributed by atoms with E-state index in [2.05, 4.69) is 18.7 Å². The highest BCUT2D eigenvalue weighted by Crippen LogP contribution is 2.29. The first-order valence-electron chi connectivity index (χ1n) is 14.2. The van der Waals surface area contributed by atoms with Gasteiger partial charge in [0, 0.05) is 38.8 Å². The number of amides is 2. The fourth-order valence-corrected chi connectivity index (χ4v) is 5.11. The summed E-state index contributed by atoms with van der Waals surface area (Å²) in [6.45, 7) is 9.14. The lowest BCUT2D eigenvalue weighted by Crippen LogP contribution is -2.42. The third-order valence-electron chi connectivity index (χ3n) is 7.35. The van der Waals surface area contributed by atoms with Crippen LogP contribution in [-0.2, 0) is 16.1 Å². The molecule has 1 heterocycles. The predicted octanol–water partition coefficient (Wildman–Crippen LogP) is 4.94. The lowest BCUT2D eigenvalue weighted by molar-refractivity contribution is -0.134. The second kappa shape index (κ2) is 14.6. The second-order valence-corrected chi connectivity index (χ2v) is 10.5. The van der Waals surface area contributed by atoms with E-state index in [1.54, 1.807) is 19.2 Å². The van der Waals surface area contributed by atoms with Crippen LogP contribution in [0.4, 0.5) is 5.69 Å². The summed E-state index contributed by atoms with van der Waals surface area (Å²) in [5.41, 5.74) is 2.74. The third kappa shape index (κ3) is 8.01. The number of carbonyl (C=O) groups is 2. The van der Waals surface area contributed by atoms with Gasteiger partial charge in [-0.1, -0.05) is 48.5 Å². The number of methoxy groups -OCH3 is 1. The van der Waals surface area contributed by atoms with E-state index >= 15 is 0 Å². The number of hydrogen-bond donors (Lipinski definition) is 0. The molecule has 0 spiro atoms. The molecule has 41 heavy (non-hydrogen) atoms. The molecule has 218 valence electrons. The Bertz CT molecular complexity index is 1300. The maximum Gasteiger partial charge on any atom is 0.264 e. The van der Waals surface area contributed by atoms with E-state index in [0.717, 1.165) is 36.3 Å². The van der Waals surface area contributed by atoms with Gasteiger partial charge in [-0.15, -0.1) is 0 Å². The molecule has 0 atom stereocenters. The van der Waals surface area contributed by atoms with Crippen molar-refractivity contribution in [3.8, 4) is 17.2 Å². The van der Waals surface area contributed by atoms with Gasteiger partial charge in [0.1, 0.15) is 5.75 Å². The summed E-state index contributed by atoms with van der Waals surface area (Å²) in [4.78, 5) is 33.3. The number of fused-ring (bicyclic) bond motifs is 1. The van der Waals surface area contributed by atoms with Crippen LogP contribution in [0.1, 0.15) is 31.4 Å². The highest BCUT2D eigenvalue weighted by atomic mass is 16.5. The molecule has 0 N–H and O–H groups in total. The molecular formula is C33H41N3O5. The van der Waals surface area contributed by atoms with Gasteiger partial charge in [0.2, 0.25) is 0 Å². The van der Waals surface area contributed by atoms with Crippen molar-refractivity contribution in [1.29, 1.82) is 0 Å². The van der Waals surface area contributed by atoms with Gasteiger partial charge in [-0.05, 0) is 62.6 Å². The van der Waals surface area contributed by atoms with Gasteiger partial charge in [0.15, 0.2) is 24.7 Å². The average molecular weight is 560 g/mol. The minimum Gasteiger partial charge on any atom is -0.493 e. The maximum absolute atomic E-state index is 13.7. The molecule has 0 radical (unpaired) electrons. The normalized spacial score (nSPS) is 14.7. The van der Waals surface area contributed by atoms with Gasteiger partial charge in [-0.2, -0.15) is 0 Å². The second-order valence-electron chi connectivity index (χ2n) is 10.5. The third-order valence-corrected chi connectivity index (χ3v) is 7.35. The number of aryl methyl sites for hydroxylation is 1. The monoisotopic (exact) mass is 559 g/mol. The zero-order chi connectivity index (χ0) is 29.2. The molecule has 3 aromatic carbocycles. The molecule has 4 rings (SSSR count). The number of nitrogens with zero attached hydrogens (tertiary/aromatic N) is 3. The molecular weight excluding hydrogens is 518 g/mol. The fourth-order valence-electron chi connectivity index (χ4n) is 5.11. The first-order valence-corrected chi connectivity index (χ1v) is 14.2. The van der Waals surface area contributed by atoms with Crippen LogP contribution in [0.2, 0.25) is 0 Å². The van der Waals surface area contributed by atoms with E-state index in [0.29, 0.717) is 42.9 Å². The standard InChI is InChI=1S/C33H41N3O5/c1-25(2)34-18-11-19-36(32(38)24-40-28-14-6-5-7-15-28)33-26(3)12-10-13-27(33)22-35(21-20-34)31(37)23-41-30-17-9-8-16-29(30)39-4/h5-10,12-17,25H,11,18-24H2,1-4H3. The predicted molar refractivity (Wildman–Crippen MR) is 161 cm³/mol. The first kappa shape index (κ1) is 29.9. The molecule has 0 unspecified atom stereocenters. The van der Waals surface area contributed by atoms with Gasteiger partial charge in [-0.25, -0.2) is 0 Å². The van der Waals surface area contributed by atoms with Crippen LogP contribution in [0, 0.1) is 6.92 Å². The Morgan fingerprint density at radius 3 is 2.22 bits per heavy atom. The molecule has 0 saturated carbocycles. The van der Waals surface area contributed by atoms with Crippen molar-refractivity contribution >= 4 is 17.5 Å². The highest BCUT2D eigenvalue weighted by Gasteiger charge is 2.26. The van der Waals surface area contributed by atoms with E-state index in [-0.39, 0.29) is 25.0 Å². The number of rotatable bonds is 8. The Balaban J connectivity index is 1.60. The number of para-hydroxylation sites is 4. The molecule has 1 aliphatic heterocycles. The van der Waals surface area contributed by atoms with Crippen LogP contribution in [0.5, 0.6) is 17.2 Å². The molecule has 0 bridgehead atoms. The van der Waals surface area contributed by atoms with Crippen LogP contribution in [0.15, 0.2) is 72.8 Å². The van der Waals surface area contributed by atoms with E-state index in [1.807, 2.05) is 77.4 Å². The number of anilines is 1. The maximum atomic E-state index is 13.7. The largest absolute Gasteiger partial charge is 0.493 e. The quantitative estimate of drug-likeness (QED) is 0.390. The van der Waals surface area contributed by atoms with Crippen molar-refractivity contribution in [3.05, 3.63) is 83.9 Å². The number of benzene rings is 3. The molecule has 0 fully saturated rings. The van der Waals surface area contributed by atoms with E-state index in [1.165, 1.54) is 0 Å². The number of carbonyl (C=O) groups excluding carboxylic acids is 2. The summed E-state index contributed by atoms with van der Waals surface area (Å²) in [5, 5.41) is 0. The Morgan fingerprint density at radius 1 is 0.780 bits per heavy atom. The zero-order valence-electron chi connectivity index (χ0n) is 24.5. The van der Waals surface area contributed by atoms with E-state index < -0.39 is 0 Å². The molecule has 0 aliphatic carbocycles. The van der Waals surface area contributed by atoms with Crippen LogP contribution in [0.3, 0.4) is 0 Å². The number of ether oxygens (including phenoxy) is 3. The SMILES string of the molecule is COc1ccccc1OCC(=O)N1CCN(C(C)C)CCCN(C(=O)COc2ccccc2)c2c(C)cccc2C1. The smallest absolute Gasteiger partial charge is 0.264 e. The van der Waals surface area contributed by atoms with Crippen molar-refractivity contribution in [2.24, 2.45) is 0 Å². The van der Waals surface area contributed by atoms with Crippen molar-refractivity contribution in [3.63, 3.8) is 0 Å². The zero-order valence-corrected chi connectivity index (χ0v) is 24.5. The summed E-state index contributed by atoms with van der Waals surface area (Å²) < 4.78 is 17.1. The Hall–Kier alpha value is -4.04. The minimum absolute atomic E-state index is 0.0684. The van der Waals surface area contributed by atoms with Crippen molar-refractivity contribution < 1.29 is 23.8 Å². The summed E-state index contributed by atoms with van der Waals surface area (Å²) in [6, 6.07) is 23.0. The summed E-state index contributed by atoms with van der Waals surface area (Å²) in [5.74, 6) is 1.52. The number of hydrogen-bond acceptors (Lipinski definition) is 6. The molecule has 0 saturated heterocycles. The lowest BCUT2D eigenvalue weighted by Gasteiger charge is -2.30. The van der Waals surface area contributed by atoms with E-state index in [9.17, 15) is 9.59 Å². The minimum atomic E-state index is -0.128. The van der Waals surface area contributed by atoms with Gasteiger partial charge < -0.3 is 24.0 Å². The van der Waals surface area contributed by atoms with Crippen molar-refractivity contribution in [2.45, 2.75) is 39.8 Å². The van der Waals surface area contributed by atoms with Crippen LogP contribution in [-0.4, -0.2) is 74.2 Å². The first-order chi connectivity index (χ1) is 19.9. The van der Waals surface area contributed by atoms with Crippen LogP contribution < -0.4 is 19.1 Å². The van der Waals surface area contributed by atoms with E-state index in [4.69, 9.17) is 14.2 Å². The topological polar surface area (TPSA) is 71.6 Å². The van der Waals surface area contributed by atoms with Gasteiger partial charge >= 0.3 is 0 Å². The molecule has 2 amide bonds. The van der Waals surface area contributed by atoms with Gasteiger partial charge in [0.05, 0.1) is 12.8 Å². The molecule has 0 aromatic heterocycles. The van der Waals surface area contributed by atoms with Gasteiger partial charge in [-0.3, -0.25) is 14.5 Å². The Labute approximate surface area is 243 Å². The van der Waals surface area contributed by atoms with Gasteiger partial charge in [0.25, 0.3) is 11.8 Å². The lowest BCUT2D eigenvalue weighted by atomic mass is 10.1. The summed E-state index contributed by atoms with van der Waals surface area (Å²) >= 11 is 0. The van der Waals surface area contributed by atoms with Crippen LogP contribution in [0.25, 0.3) is 0 Å². The summed E-state index contributed by atoms with van der Waals surface area (Å²) in [6.07, 6.45) is 0.799. The molecule has 1 aliphatic rings. The fraction of sp³-hybridized carbons (Fsp3) is 0.394. The highest BCUT2D eigenvalue weighted by molar-refractivity contribution is 5.96. The van der Waals surface area contributed by atoms with Crippen LogP contribution >= 0.6 is 0 Å². The molecule has 3 aromatic rings. The molecule has 8 heteroatoms. The summed E-state index contributed by atoms with van der Waals surface area (Å²) in [7, 11) is 1.58. The van der Waals surface area contributed by atoms with Crippen molar-refractivity contribution in [2.75, 3.05) is 51.4 Å². The average Bonchev–Trinajstić information content (AvgIpc) is 3.02. The van der Waals surface area contributed by atoms with Crippen molar-refractivity contribution in [1.82, 2.24) is 9.80 Å². The Kier molecular flexibility index (Phi) is 10.6. The Morgan fingerprint density at radius 2 is 1.49 bits per heavy atom.